The summed E-state index contributed by atoms with van der Waals surface area (Å²) in [6, 6.07) is 1.43. The number of ether oxygens (including phenoxy) is 1. The molecular weight excluding hydrogens is 186 g/mol. The van der Waals surface area contributed by atoms with Crippen LogP contribution in [0.3, 0.4) is 0 Å². The van der Waals surface area contributed by atoms with Crippen molar-refractivity contribution >= 4 is 0 Å². The summed E-state index contributed by atoms with van der Waals surface area (Å²) in [6.07, 6.45) is 4.01. The Morgan fingerprint density at radius 3 is 2.40 bits per heavy atom. The van der Waals surface area contributed by atoms with Crippen molar-refractivity contribution in [3.8, 4) is 0 Å². The van der Waals surface area contributed by atoms with E-state index in [1.54, 1.807) is 0 Å². The molecule has 1 aliphatic carbocycles. The van der Waals surface area contributed by atoms with Crippen LogP contribution in [0.1, 0.15) is 40.0 Å². The van der Waals surface area contributed by atoms with Gasteiger partial charge < -0.3 is 10.1 Å². The van der Waals surface area contributed by atoms with E-state index in [1.807, 2.05) is 0 Å². The second-order valence-electron chi connectivity index (χ2n) is 5.75. The Balaban J connectivity index is 1.66. The van der Waals surface area contributed by atoms with Gasteiger partial charge in [0.05, 0.1) is 6.61 Å². The van der Waals surface area contributed by atoms with Crippen LogP contribution in [0.4, 0.5) is 0 Å². The lowest BCUT2D eigenvalue weighted by atomic mass is 9.73. The highest BCUT2D eigenvalue weighted by Gasteiger charge is 2.33. The van der Waals surface area contributed by atoms with Gasteiger partial charge >= 0.3 is 0 Å². The molecule has 2 atom stereocenters. The molecule has 0 radical (unpaired) electrons. The average molecular weight is 211 g/mol. The van der Waals surface area contributed by atoms with Crippen molar-refractivity contribution in [2.24, 2.45) is 17.8 Å². The number of rotatable bonds is 4. The molecule has 0 aromatic carbocycles. The molecule has 1 saturated carbocycles. The molecule has 2 nitrogen and oxygen atoms in total. The number of hydrogen-bond acceptors (Lipinski definition) is 2. The van der Waals surface area contributed by atoms with Gasteiger partial charge in [-0.2, -0.15) is 0 Å². The summed E-state index contributed by atoms with van der Waals surface area (Å²) >= 11 is 0. The van der Waals surface area contributed by atoms with Gasteiger partial charge in [0, 0.05) is 18.7 Å². The van der Waals surface area contributed by atoms with Gasteiger partial charge in [0.2, 0.25) is 0 Å². The van der Waals surface area contributed by atoms with Gasteiger partial charge in [-0.1, -0.05) is 13.8 Å². The zero-order chi connectivity index (χ0) is 10.8. The van der Waals surface area contributed by atoms with E-state index in [4.69, 9.17) is 4.74 Å². The predicted molar refractivity (Wildman–Crippen MR) is 62.9 cm³/mol. The van der Waals surface area contributed by atoms with Crippen molar-refractivity contribution in [2.75, 3.05) is 13.2 Å². The molecule has 1 N–H and O–H groups in total. The SMILES string of the molecule is CC(C)C1CC(NC(C)C2CCOC2)C1. The molecule has 2 heteroatoms. The standard InChI is InChI=1S/C13H25NO/c1-9(2)12-6-13(7-12)14-10(3)11-4-5-15-8-11/h9-14H,4-8H2,1-3H3. The van der Waals surface area contributed by atoms with Crippen molar-refractivity contribution in [1.82, 2.24) is 5.32 Å². The number of nitrogens with one attached hydrogen (secondary N) is 1. The van der Waals surface area contributed by atoms with Crippen LogP contribution in [0.15, 0.2) is 0 Å². The first-order valence-electron chi connectivity index (χ1n) is 6.50. The molecule has 0 bridgehead atoms. The second-order valence-corrected chi connectivity index (χ2v) is 5.75. The minimum absolute atomic E-state index is 0.644. The molecule has 1 aliphatic heterocycles. The molecule has 2 unspecified atom stereocenters. The smallest absolute Gasteiger partial charge is 0.0509 e. The summed E-state index contributed by atoms with van der Waals surface area (Å²) in [5.41, 5.74) is 0. The lowest BCUT2D eigenvalue weighted by Crippen LogP contribution is -2.49. The van der Waals surface area contributed by atoms with Gasteiger partial charge in [0.25, 0.3) is 0 Å². The number of hydrogen-bond donors (Lipinski definition) is 1. The highest BCUT2D eigenvalue weighted by Crippen LogP contribution is 2.34. The zero-order valence-electron chi connectivity index (χ0n) is 10.3. The molecule has 0 spiro atoms. The second kappa shape index (κ2) is 4.84. The van der Waals surface area contributed by atoms with Gasteiger partial charge in [-0.05, 0) is 43.9 Å². The van der Waals surface area contributed by atoms with Crippen LogP contribution >= 0.6 is 0 Å². The fraction of sp³-hybridized carbons (Fsp3) is 1.00. The van der Waals surface area contributed by atoms with E-state index < -0.39 is 0 Å². The quantitative estimate of drug-likeness (QED) is 0.771. The highest BCUT2D eigenvalue weighted by atomic mass is 16.5. The van der Waals surface area contributed by atoms with Crippen molar-refractivity contribution in [1.29, 1.82) is 0 Å². The molecule has 1 heterocycles. The van der Waals surface area contributed by atoms with Gasteiger partial charge in [0.15, 0.2) is 0 Å². The van der Waals surface area contributed by atoms with Crippen LogP contribution in [-0.2, 0) is 4.74 Å². The fourth-order valence-electron chi connectivity index (χ4n) is 2.80. The molecule has 2 aliphatic rings. The minimum Gasteiger partial charge on any atom is -0.381 e. The normalized spacial score (nSPS) is 38.0. The lowest BCUT2D eigenvalue weighted by Gasteiger charge is -2.41. The summed E-state index contributed by atoms with van der Waals surface area (Å²) in [6.45, 7) is 8.94. The minimum atomic E-state index is 0.644. The maximum absolute atomic E-state index is 5.43. The van der Waals surface area contributed by atoms with Crippen LogP contribution in [-0.4, -0.2) is 25.3 Å². The fourth-order valence-corrected chi connectivity index (χ4v) is 2.80. The molecule has 0 aromatic heterocycles. The van der Waals surface area contributed by atoms with E-state index in [-0.39, 0.29) is 0 Å². The van der Waals surface area contributed by atoms with Crippen molar-refractivity contribution in [3.05, 3.63) is 0 Å². The van der Waals surface area contributed by atoms with Gasteiger partial charge in [-0.25, -0.2) is 0 Å². The molecule has 0 aromatic rings. The topological polar surface area (TPSA) is 21.3 Å². The van der Waals surface area contributed by atoms with Crippen LogP contribution < -0.4 is 5.32 Å². The monoisotopic (exact) mass is 211 g/mol. The maximum Gasteiger partial charge on any atom is 0.0509 e. The van der Waals surface area contributed by atoms with Gasteiger partial charge in [-0.15, -0.1) is 0 Å². The van der Waals surface area contributed by atoms with Crippen LogP contribution in [0, 0.1) is 17.8 Å². The van der Waals surface area contributed by atoms with E-state index in [1.165, 1.54) is 19.3 Å². The van der Waals surface area contributed by atoms with E-state index in [2.05, 4.69) is 26.1 Å². The molecule has 1 saturated heterocycles. The highest BCUT2D eigenvalue weighted by molar-refractivity contribution is 4.89. The Morgan fingerprint density at radius 2 is 1.87 bits per heavy atom. The Morgan fingerprint density at radius 1 is 1.13 bits per heavy atom. The third kappa shape index (κ3) is 2.73. The van der Waals surface area contributed by atoms with Crippen molar-refractivity contribution < 1.29 is 4.74 Å². The summed E-state index contributed by atoms with van der Waals surface area (Å²) in [5.74, 6) is 2.59. The van der Waals surface area contributed by atoms with Crippen LogP contribution in [0.5, 0.6) is 0 Å². The Labute approximate surface area is 93.8 Å². The molecule has 2 fully saturated rings. The molecule has 88 valence electrons. The van der Waals surface area contributed by atoms with E-state index in [0.29, 0.717) is 6.04 Å². The van der Waals surface area contributed by atoms with E-state index in [9.17, 15) is 0 Å². The molecular formula is C13H25NO. The summed E-state index contributed by atoms with van der Waals surface area (Å²) in [7, 11) is 0. The Kier molecular flexibility index (Phi) is 3.68. The first-order valence-corrected chi connectivity index (χ1v) is 6.50. The first kappa shape index (κ1) is 11.4. The zero-order valence-corrected chi connectivity index (χ0v) is 10.3. The summed E-state index contributed by atoms with van der Waals surface area (Å²) in [4.78, 5) is 0. The largest absolute Gasteiger partial charge is 0.381 e. The van der Waals surface area contributed by atoms with Crippen LogP contribution in [0.2, 0.25) is 0 Å². The molecule has 0 amide bonds. The third-order valence-corrected chi connectivity index (χ3v) is 4.29. The predicted octanol–water partition coefficient (Wildman–Crippen LogP) is 2.44. The van der Waals surface area contributed by atoms with Gasteiger partial charge in [0.1, 0.15) is 0 Å². The van der Waals surface area contributed by atoms with Crippen molar-refractivity contribution in [2.45, 2.75) is 52.1 Å². The Hall–Kier alpha value is -0.0800. The first-order chi connectivity index (χ1) is 7.16. The van der Waals surface area contributed by atoms with E-state index in [0.717, 1.165) is 37.0 Å². The van der Waals surface area contributed by atoms with E-state index >= 15 is 0 Å². The summed E-state index contributed by atoms with van der Waals surface area (Å²) in [5, 5.41) is 3.76. The van der Waals surface area contributed by atoms with Crippen molar-refractivity contribution in [3.63, 3.8) is 0 Å². The van der Waals surface area contributed by atoms with Crippen LogP contribution in [0.25, 0.3) is 0 Å². The van der Waals surface area contributed by atoms with Gasteiger partial charge in [-0.3, -0.25) is 0 Å². The lowest BCUT2D eigenvalue weighted by molar-refractivity contribution is 0.138. The molecule has 15 heavy (non-hydrogen) atoms. The third-order valence-electron chi connectivity index (χ3n) is 4.29. The Bertz CT molecular complexity index is 193. The summed E-state index contributed by atoms with van der Waals surface area (Å²) < 4.78 is 5.43. The maximum atomic E-state index is 5.43. The average Bonchev–Trinajstić information content (AvgIpc) is 2.61. The molecule has 2 rings (SSSR count).